The highest BCUT2D eigenvalue weighted by Gasteiger charge is 2.15. The Morgan fingerprint density at radius 2 is 2.14 bits per heavy atom. The summed E-state index contributed by atoms with van der Waals surface area (Å²) < 4.78 is 0. The van der Waals surface area contributed by atoms with E-state index in [1.807, 2.05) is 25.1 Å². The molecule has 21 heavy (non-hydrogen) atoms. The standard InChI is InChI=1S/C16H26N2O2S/c1-5-12(3)18(4)11-10-17-13-8-7-9-14(21-6-2)15(13)16(19)20/h7-9,12,17H,5-6,10-11H2,1-4H3,(H,19,20). The van der Waals surface area contributed by atoms with Crippen molar-refractivity contribution in [3.63, 3.8) is 0 Å². The van der Waals surface area contributed by atoms with Crippen molar-refractivity contribution < 1.29 is 9.90 Å². The quantitative estimate of drug-likeness (QED) is 0.682. The number of nitrogens with zero attached hydrogens (tertiary/aromatic N) is 1. The molecule has 0 amide bonds. The summed E-state index contributed by atoms with van der Waals surface area (Å²) in [5.41, 5.74) is 1.09. The van der Waals surface area contributed by atoms with Crippen LogP contribution in [0.2, 0.25) is 0 Å². The van der Waals surface area contributed by atoms with E-state index in [1.54, 1.807) is 11.8 Å². The first-order chi connectivity index (χ1) is 10.0. The Morgan fingerprint density at radius 1 is 1.43 bits per heavy atom. The number of carbonyl (C=O) groups is 1. The molecule has 5 heteroatoms. The zero-order valence-electron chi connectivity index (χ0n) is 13.3. The molecule has 1 rings (SSSR count). The third kappa shape index (κ3) is 5.25. The molecule has 1 aromatic rings. The Labute approximate surface area is 131 Å². The second-order valence-corrected chi connectivity index (χ2v) is 6.39. The Bertz CT molecular complexity index is 466. The molecule has 0 aliphatic carbocycles. The molecule has 118 valence electrons. The molecular formula is C16H26N2O2S. The van der Waals surface area contributed by atoms with Crippen LogP contribution < -0.4 is 5.32 Å². The van der Waals surface area contributed by atoms with E-state index in [2.05, 4.69) is 31.1 Å². The van der Waals surface area contributed by atoms with Gasteiger partial charge < -0.3 is 15.3 Å². The van der Waals surface area contributed by atoms with Crippen LogP contribution in [0.25, 0.3) is 0 Å². The fourth-order valence-corrected chi connectivity index (χ4v) is 2.90. The summed E-state index contributed by atoms with van der Waals surface area (Å²) in [6.07, 6.45) is 1.11. The maximum Gasteiger partial charge on any atom is 0.338 e. The maximum absolute atomic E-state index is 11.5. The minimum Gasteiger partial charge on any atom is -0.478 e. The summed E-state index contributed by atoms with van der Waals surface area (Å²) in [6, 6.07) is 6.15. The number of rotatable bonds is 9. The van der Waals surface area contributed by atoms with Crippen molar-refractivity contribution in [3.05, 3.63) is 23.8 Å². The lowest BCUT2D eigenvalue weighted by molar-refractivity contribution is 0.0694. The van der Waals surface area contributed by atoms with E-state index < -0.39 is 5.97 Å². The van der Waals surface area contributed by atoms with Gasteiger partial charge in [0.1, 0.15) is 0 Å². The van der Waals surface area contributed by atoms with Crippen LogP contribution in [0.5, 0.6) is 0 Å². The second kappa shape index (κ2) is 8.95. The van der Waals surface area contributed by atoms with Crippen LogP contribution in [0.4, 0.5) is 5.69 Å². The average molecular weight is 310 g/mol. The number of carboxylic acids is 1. The SMILES string of the molecule is CCSc1cccc(NCCN(C)C(C)CC)c1C(=O)O. The van der Waals surface area contributed by atoms with E-state index in [-0.39, 0.29) is 0 Å². The van der Waals surface area contributed by atoms with E-state index >= 15 is 0 Å². The molecule has 1 atom stereocenters. The molecular weight excluding hydrogens is 284 g/mol. The number of hydrogen-bond acceptors (Lipinski definition) is 4. The zero-order chi connectivity index (χ0) is 15.8. The fraction of sp³-hybridized carbons (Fsp3) is 0.562. The van der Waals surface area contributed by atoms with Crippen LogP contribution in [0.3, 0.4) is 0 Å². The number of nitrogens with one attached hydrogen (secondary N) is 1. The van der Waals surface area contributed by atoms with Crippen LogP contribution in [-0.4, -0.2) is 47.9 Å². The zero-order valence-corrected chi connectivity index (χ0v) is 14.2. The van der Waals surface area contributed by atoms with E-state index in [1.165, 1.54) is 0 Å². The number of carboxylic acid groups (broad SMARTS) is 1. The van der Waals surface area contributed by atoms with Crippen molar-refractivity contribution in [3.8, 4) is 0 Å². The smallest absolute Gasteiger partial charge is 0.338 e. The molecule has 1 unspecified atom stereocenters. The Balaban J connectivity index is 2.74. The van der Waals surface area contributed by atoms with Gasteiger partial charge in [-0.2, -0.15) is 0 Å². The van der Waals surface area contributed by atoms with Gasteiger partial charge >= 0.3 is 5.97 Å². The Morgan fingerprint density at radius 3 is 2.71 bits per heavy atom. The van der Waals surface area contributed by atoms with Gasteiger partial charge in [-0.05, 0) is 38.3 Å². The molecule has 0 aliphatic heterocycles. The summed E-state index contributed by atoms with van der Waals surface area (Å²) in [6.45, 7) is 8.02. The molecule has 0 bridgehead atoms. The van der Waals surface area contributed by atoms with Gasteiger partial charge in [0.05, 0.1) is 5.56 Å². The fourth-order valence-electron chi connectivity index (χ4n) is 2.07. The van der Waals surface area contributed by atoms with Crippen molar-refractivity contribution in [2.75, 3.05) is 31.2 Å². The van der Waals surface area contributed by atoms with Crippen LogP contribution in [-0.2, 0) is 0 Å². The average Bonchev–Trinajstić information content (AvgIpc) is 2.46. The summed E-state index contributed by atoms with van der Waals surface area (Å²) in [4.78, 5) is 14.6. The van der Waals surface area contributed by atoms with Crippen LogP contribution in [0.15, 0.2) is 23.1 Å². The van der Waals surface area contributed by atoms with Gasteiger partial charge in [-0.3, -0.25) is 0 Å². The highest BCUT2D eigenvalue weighted by atomic mass is 32.2. The first-order valence-electron chi connectivity index (χ1n) is 7.44. The van der Waals surface area contributed by atoms with Gasteiger partial charge in [0.2, 0.25) is 0 Å². The molecule has 0 saturated carbocycles. The van der Waals surface area contributed by atoms with Gasteiger partial charge in [-0.15, -0.1) is 11.8 Å². The predicted octanol–water partition coefficient (Wildman–Crippen LogP) is 3.64. The van der Waals surface area contributed by atoms with Gasteiger partial charge in [-0.25, -0.2) is 4.79 Å². The van der Waals surface area contributed by atoms with Crippen LogP contribution >= 0.6 is 11.8 Å². The number of thioether (sulfide) groups is 1. The Hall–Kier alpha value is -1.20. The lowest BCUT2D eigenvalue weighted by Gasteiger charge is -2.24. The maximum atomic E-state index is 11.5. The summed E-state index contributed by atoms with van der Waals surface area (Å²) in [5, 5.41) is 12.7. The monoisotopic (exact) mass is 310 g/mol. The molecule has 1 aromatic carbocycles. The molecule has 0 radical (unpaired) electrons. The van der Waals surface area contributed by atoms with Crippen molar-refractivity contribution in [1.82, 2.24) is 4.90 Å². The molecule has 0 spiro atoms. The lowest BCUT2D eigenvalue weighted by Crippen LogP contribution is -2.32. The largest absolute Gasteiger partial charge is 0.478 e. The van der Waals surface area contributed by atoms with Gasteiger partial charge in [-0.1, -0.05) is 19.9 Å². The summed E-state index contributed by atoms with van der Waals surface area (Å²) >= 11 is 1.56. The minimum atomic E-state index is -0.871. The molecule has 0 aliphatic rings. The second-order valence-electron chi connectivity index (χ2n) is 5.08. The number of anilines is 1. The normalized spacial score (nSPS) is 12.4. The van der Waals surface area contributed by atoms with Crippen molar-refractivity contribution in [2.24, 2.45) is 0 Å². The number of aromatic carboxylic acids is 1. The number of likely N-dealkylation sites (N-methyl/N-ethyl adjacent to an activating group) is 1. The molecule has 0 aromatic heterocycles. The first kappa shape index (κ1) is 17.9. The van der Waals surface area contributed by atoms with E-state index in [0.717, 1.165) is 30.2 Å². The molecule has 0 saturated heterocycles. The molecule has 0 heterocycles. The molecule has 0 fully saturated rings. The van der Waals surface area contributed by atoms with Gasteiger partial charge in [0.25, 0.3) is 0 Å². The molecule has 4 nitrogen and oxygen atoms in total. The highest BCUT2D eigenvalue weighted by molar-refractivity contribution is 7.99. The minimum absolute atomic E-state index is 0.385. The van der Waals surface area contributed by atoms with Gasteiger partial charge in [0, 0.05) is 29.7 Å². The van der Waals surface area contributed by atoms with Crippen molar-refractivity contribution in [2.45, 2.75) is 38.1 Å². The van der Waals surface area contributed by atoms with E-state index in [0.29, 0.717) is 17.3 Å². The third-order valence-corrected chi connectivity index (χ3v) is 4.60. The summed E-state index contributed by atoms with van der Waals surface area (Å²) in [5.74, 6) is -0.00940. The highest BCUT2D eigenvalue weighted by Crippen LogP contribution is 2.28. The van der Waals surface area contributed by atoms with E-state index in [9.17, 15) is 9.90 Å². The first-order valence-corrected chi connectivity index (χ1v) is 8.43. The summed E-state index contributed by atoms with van der Waals surface area (Å²) in [7, 11) is 2.09. The third-order valence-electron chi connectivity index (χ3n) is 3.66. The molecule has 2 N–H and O–H groups in total. The lowest BCUT2D eigenvalue weighted by atomic mass is 10.1. The number of benzene rings is 1. The van der Waals surface area contributed by atoms with Crippen LogP contribution in [0.1, 0.15) is 37.6 Å². The number of hydrogen-bond donors (Lipinski definition) is 2. The van der Waals surface area contributed by atoms with Crippen molar-refractivity contribution >= 4 is 23.4 Å². The van der Waals surface area contributed by atoms with Gasteiger partial charge in [0.15, 0.2) is 0 Å². The Kier molecular flexibility index (Phi) is 7.61. The van der Waals surface area contributed by atoms with Crippen LogP contribution in [0, 0.1) is 0 Å². The van der Waals surface area contributed by atoms with Crippen molar-refractivity contribution in [1.29, 1.82) is 0 Å². The topological polar surface area (TPSA) is 52.6 Å². The predicted molar refractivity (Wildman–Crippen MR) is 90.7 cm³/mol. The van der Waals surface area contributed by atoms with E-state index in [4.69, 9.17) is 0 Å².